The lowest BCUT2D eigenvalue weighted by Gasteiger charge is -2.32. The molecule has 1 fully saturated rings. The first-order valence-corrected chi connectivity index (χ1v) is 7.74. The van der Waals surface area contributed by atoms with E-state index in [1.807, 2.05) is 18.2 Å². The van der Waals surface area contributed by atoms with Crippen LogP contribution in [0.4, 0.5) is 0 Å². The molecule has 0 aromatic carbocycles. The summed E-state index contributed by atoms with van der Waals surface area (Å²) in [6, 6.07) is 5.60. The maximum absolute atomic E-state index is 12.2. The molecular formula is C15H23N5O. The van der Waals surface area contributed by atoms with Crippen LogP contribution in [0.5, 0.6) is 0 Å². The average molecular weight is 289 g/mol. The quantitative estimate of drug-likeness (QED) is 0.873. The normalized spacial score (nSPS) is 20.1. The average Bonchev–Trinajstić information content (AvgIpc) is 2.83. The van der Waals surface area contributed by atoms with Crippen molar-refractivity contribution in [3.8, 4) is 0 Å². The van der Waals surface area contributed by atoms with Gasteiger partial charge in [0.05, 0.1) is 6.54 Å². The zero-order chi connectivity index (χ0) is 14.7. The number of hydrogen-bond acceptors (Lipinski definition) is 4. The molecule has 1 saturated heterocycles. The van der Waals surface area contributed by atoms with Gasteiger partial charge in [-0.1, -0.05) is 6.07 Å². The lowest BCUT2D eigenvalue weighted by atomic mass is 9.95. The Balaban J connectivity index is 1.63. The van der Waals surface area contributed by atoms with Crippen LogP contribution in [0.3, 0.4) is 0 Å². The summed E-state index contributed by atoms with van der Waals surface area (Å²) in [5, 5.41) is 4.37. The van der Waals surface area contributed by atoms with Crippen molar-refractivity contribution in [3.63, 3.8) is 0 Å². The van der Waals surface area contributed by atoms with E-state index in [-0.39, 0.29) is 5.69 Å². The fraction of sp³-hybridized carbons (Fsp3) is 0.600. The van der Waals surface area contributed by atoms with E-state index >= 15 is 0 Å². The van der Waals surface area contributed by atoms with Crippen LogP contribution >= 0.6 is 0 Å². The van der Waals surface area contributed by atoms with Crippen molar-refractivity contribution in [1.82, 2.24) is 19.1 Å². The standard InChI is InChI=1S/C15H23N5O/c16-7-6-13-4-3-8-18(12-13)10-11-20-15(21)19-9-2-1-5-14(19)17-20/h1-2,5,9,13H,3-4,6-8,10-12,16H2. The van der Waals surface area contributed by atoms with E-state index in [4.69, 9.17) is 5.73 Å². The van der Waals surface area contributed by atoms with Gasteiger partial charge in [0.1, 0.15) is 0 Å². The molecule has 0 radical (unpaired) electrons. The summed E-state index contributed by atoms with van der Waals surface area (Å²) in [6.45, 7) is 4.51. The molecule has 6 nitrogen and oxygen atoms in total. The fourth-order valence-electron chi connectivity index (χ4n) is 3.18. The SMILES string of the molecule is NCCC1CCCN(CCn2nc3ccccn3c2=O)C1. The van der Waals surface area contributed by atoms with Gasteiger partial charge in [-0.25, -0.2) is 9.48 Å². The molecule has 0 saturated carbocycles. The molecule has 0 bridgehead atoms. The summed E-state index contributed by atoms with van der Waals surface area (Å²) >= 11 is 0. The Morgan fingerprint density at radius 1 is 1.33 bits per heavy atom. The molecule has 2 aromatic heterocycles. The highest BCUT2D eigenvalue weighted by Crippen LogP contribution is 2.18. The zero-order valence-corrected chi connectivity index (χ0v) is 12.3. The molecule has 114 valence electrons. The second-order valence-corrected chi connectivity index (χ2v) is 5.82. The lowest BCUT2D eigenvalue weighted by molar-refractivity contribution is 0.162. The summed E-state index contributed by atoms with van der Waals surface area (Å²) in [4.78, 5) is 14.6. The van der Waals surface area contributed by atoms with Crippen LogP contribution in [0.1, 0.15) is 19.3 Å². The monoisotopic (exact) mass is 289 g/mol. The first-order valence-electron chi connectivity index (χ1n) is 7.74. The third kappa shape index (κ3) is 3.16. The largest absolute Gasteiger partial charge is 0.350 e. The van der Waals surface area contributed by atoms with Gasteiger partial charge in [0.25, 0.3) is 0 Å². The van der Waals surface area contributed by atoms with Gasteiger partial charge >= 0.3 is 5.69 Å². The summed E-state index contributed by atoms with van der Waals surface area (Å²) in [5.74, 6) is 0.710. The molecule has 2 aromatic rings. The molecule has 1 atom stereocenters. The highest BCUT2D eigenvalue weighted by Gasteiger charge is 2.19. The van der Waals surface area contributed by atoms with E-state index in [0.29, 0.717) is 18.1 Å². The van der Waals surface area contributed by atoms with Crippen molar-refractivity contribution >= 4 is 5.65 Å². The van der Waals surface area contributed by atoms with Crippen LogP contribution in [0.2, 0.25) is 0 Å². The Kier molecular flexibility index (Phi) is 4.36. The summed E-state index contributed by atoms with van der Waals surface area (Å²) in [6.07, 6.45) is 5.37. The summed E-state index contributed by atoms with van der Waals surface area (Å²) in [7, 11) is 0. The molecule has 0 amide bonds. The van der Waals surface area contributed by atoms with Gasteiger partial charge in [-0.15, -0.1) is 5.10 Å². The van der Waals surface area contributed by atoms with E-state index < -0.39 is 0 Å². The van der Waals surface area contributed by atoms with Crippen molar-refractivity contribution in [2.45, 2.75) is 25.8 Å². The Hall–Kier alpha value is -1.66. The molecule has 3 heterocycles. The van der Waals surface area contributed by atoms with E-state index in [9.17, 15) is 4.79 Å². The van der Waals surface area contributed by atoms with Gasteiger partial charge in [0, 0.05) is 19.3 Å². The number of rotatable bonds is 5. The Labute approximate surface area is 124 Å². The summed E-state index contributed by atoms with van der Waals surface area (Å²) < 4.78 is 3.16. The molecule has 0 aliphatic carbocycles. The van der Waals surface area contributed by atoms with E-state index in [1.54, 1.807) is 15.3 Å². The van der Waals surface area contributed by atoms with Crippen LogP contribution < -0.4 is 11.4 Å². The van der Waals surface area contributed by atoms with Crippen LogP contribution in [0.15, 0.2) is 29.2 Å². The number of aromatic nitrogens is 3. The molecule has 21 heavy (non-hydrogen) atoms. The fourth-order valence-corrected chi connectivity index (χ4v) is 3.18. The molecule has 3 rings (SSSR count). The van der Waals surface area contributed by atoms with Crippen LogP contribution in [-0.4, -0.2) is 45.3 Å². The van der Waals surface area contributed by atoms with Crippen molar-refractivity contribution in [1.29, 1.82) is 0 Å². The van der Waals surface area contributed by atoms with Crippen molar-refractivity contribution in [2.75, 3.05) is 26.2 Å². The Morgan fingerprint density at radius 2 is 2.24 bits per heavy atom. The lowest BCUT2D eigenvalue weighted by Crippen LogP contribution is -2.39. The minimum atomic E-state index is -0.0545. The second-order valence-electron chi connectivity index (χ2n) is 5.82. The van der Waals surface area contributed by atoms with Crippen molar-refractivity contribution in [3.05, 3.63) is 34.9 Å². The predicted molar refractivity (Wildman–Crippen MR) is 82.3 cm³/mol. The number of pyridine rings is 1. The van der Waals surface area contributed by atoms with Gasteiger partial charge in [-0.05, 0) is 50.4 Å². The highest BCUT2D eigenvalue weighted by molar-refractivity contribution is 5.35. The van der Waals surface area contributed by atoms with Gasteiger partial charge < -0.3 is 10.6 Å². The first kappa shape index (κ1) is 14.3. The van der Waals surface area contributed by atoms with Gasteiger partial charge in [0.15, 0.2) is 5.65 Å². The molecule has 1 aliphatic heterocycles. The maximum Gasteiger partial charge on any atom is 0.350 e. The third-order valence-corrected chi connectivity index (χ3v) is 4.29. The molecule has 1 aliphatic rings. The van der Waals surface area contributed by atoms with Crippen LogP contribution in [-0.2, 0) is 6.54 Å². The Bertz CT molecular complexity index is 645. The molecule has 1 unspecified atom stereocenters. The van der Waals surface area contributed by atoms with Crippen molar-refractivity contribution < 1.29 is 0 Å². The molecule has 2 N–H and O–H groups in total. The van der Waals surface area contributed by atoms with E-state index in [1.165, 1.54) is 12.8 Å². The molecule has 6 heteroatoms. The van der Waals surface area contributed by atoms with Crippen LogP contribution in [0, 0.1) is 5.92 Å². The van der Waals surface area contributed by atoms with Crippen molar-refractivity contribution in [2.24, 2.45) is 11.7 Å². The smallest absolute Gasteiger partial charge is 0.330 e. The first-order chi connectivity index (χ1) is 10.3. The highest BCUT2D eigenvalue weighted by atomic mass is 16.2. The summed E-state index contributed by atoms with van der Waals surface area (Å²) in [5.41, 5.74) is 6.31. The van der Waals surface area contributed by atoms with Gasteiger partial charge in [-0.2, -0.15) is 0 Å². The number of likely N-dealkylation sites (tertiary alicyclic amines) is 1. The molecule has 0 spiro atoms. The maximum atomic E-state index is 12.2. The molecular weight excluding hydrogens is 266 g/mol. The number of fused-ring (bicyclic) bond motifs is 1. The zero-order valence-electron chi connectivity index (χ0n) is 12.3. The van der Waals surface area contributed by atoms with Gasteiger partial charge in [-0.3, -0.25) is 4.40 Å². The minimum absolute atomic E-state index is 0.0545. The second kappa shape index (κ2) is 6.41. The number of hydrogen-bond donors (Lipinski definition) is 1. The third-order valence-electron chi connectivity index (χ3n) is 4.29. The topological polar surface area (TPSA) is 68.6 Å². The number of nitrogens with zero attached hydrogens (tertiary/aromatic N) is 4. The van der Waals surface area contributed by atoms with E-state index in [0.717, 1.165) is 32.6 Å². The minimum Gasteiger partial charge on any atom is -0.330 e. The van der Waals surface area contributed by atoms with E-state index in [2.05, 4.69) is 10.00 Å². The van der Waals surface area contributed by atoms with Gasteiger partial charge in [0.2, 0.25) is 0 Å². The van der Waals surface area contributed by atoms with Crippen LogP contribution in [0.25, 0.3) is 5.65 Å². The number of piperidine rings is 1. The predicted octanol–water partition coefficient (Wildman–Crippen LogP) is 0.557. The Morgan fingerprint density at radius 3 is 3.05 bits per heavy atom. The number of nitrogens with two attached hydrogens (primary N) is 1.